The van der Waals surface area contributed by atoms with Crippen LogP contribution in [-0.4, -0.2) is 37.4 Å². The van der Waals surface area contributed by atoms with Gasteiger partial charge in [0.2, 0.25) is 0 Å². The van der Waals surface area contributed by atoms with E-state index < -0.39 is 6.36 Å². The number of piperazine rings is 1. The van der Waals surface area contributed by atoms with E-state index in [1.165, 1.54) is 12.1 Å². The van der Waals surface area contributed by atoms with Crippen molar-refractivity contribution in [2.75, 3.05) is 26.2 Å². The molecule has 0 aliphatic carbocycles. The molecule has 0 radical (unpaired) electrons. The zero-order chi connectivity index (χ0) is 16.2. The Morgan fingerprint density at radius 2 is 1.86 bits per heavy atom. The topological polar surface area (TPSA) is 24.5 Å². The summed E-state index contributed by atoms with van der Waals surface area (Å²) in [5.41, 5.74) is 2.04. The van der Waals surface area contributed by atoms with E-state index in [4.69, 9.17) is 0 Å². The van der Waals surface area contributed by atoms with E-state index in [0.29, 0.717) is 0 Å². The summed E-state index contributed by atoms with van der Waals surface area (Å²) in [6, 6.07) is 6.29. The normalized spacial score (nSPS) is 18.0. The summed E-state index contributed by atoms with van der Waals surface area (Å²) in [4.78, 5) is 2.34. The number of hydrogen-bond acceptors (Lipinski definition) is 3. The Kier molecular flexibility index (Phi) is 5.47. The van der Waals surface area contributed by atoms with Crippen LogP contribution in [0.5, 0.6) is 5.75 Å². The smallest absolute Gasteiger partial charge is 0.406 e. The largest absolute Gasteiger partial charge is 0.573 e. The predicted molar refractivity (Wildman–Crippen MR) is 79.7 cm³/mol. The molecular formula is C16H21F3N2O. The average Bonchev–Trinajstić information content (AvgIpc) is 2.45. The van der Waals surface area contributed by atoms with Crippen molar-refractivity contribution >= 4 is 0 Å². The molecule has 22 heavy (non-hydrogen) atoms. The van der Waals surface area contributed by atoms with Gasteiger partial charge in [-0.15, -0.1) is 19.8 Å². The number of alkyl halides is 3. The third kappa shape index (κ3) is 5.03. The molecule has 1 saturated heterocycles. The van der Waals surface area contributed by atoms with E-state index in [1.54, 1.807) is 12.1 Å². The number of rotatable bonds is 5. The van der Waals surface area contributed by atoms with Gasteiger partial charge in [-0.1, -0.05) is 17.7 Å². The second-order valence-corrected chi connectivity index (χ2v) is 5.58. The van der Waals surface area contributed by atoms with Crippen LogP contribution in [0.25, 0.3) is 0 Å². The molecule has 0 unspecified atom stereocenters. The zero-order valence-corrected chi connectivity index (χ0v) is 12.6. The molecule has 0 saturated carbocycles. The molecule has 2 rings (SSSR count). The number of ether oxygens (including phenoxy) is 1. The second-order valence-electron chi connectivity index (χ2n) is 5.58. The highest BCUT2D eigenvalue weighted by Gasteiger charge is 2.31. The summed E-state index contributed by atoms with van der Waals surface area (Å²) in [6.45, 7) is 9.60. The SMILES string of the molecule is C=C(C)C[C@@H](c1ccc(OC(F)(F)F)cc1)N1CCNCC1. The van der Waals surface area contributed by atoms with Crippen LogP contribution in [0.4, 0.5) is 13.2 Å². The maximum atomic E-state index is 12.2. The van der Waals surface area contributed by atoms with E-state index in [9.17, 15) is 13.2 Å². The minimum Gasteiger partial charge on any atom is -0.406 e. The number of nitrogens with zero attached hydrogens (tertiary/aromatic N) is 1. The number of halogens is 3. The number of nitrogens with one attached hydrogen (secondary N) is 1. The van der Waals surface area contributed by atoms with Crippen molar-refractivity contribution in [3.63, 3.8) is 0 Å². The van der Waals surface area contributed by atoms with E-state index in [0.717, 1.165) is 43.7 Å². The van der Waals surface area contributed by atoms with Crippen LogP contribution >= 0.6 is 0 Å². The summed E-state index contributed by atoms with van der Waals surface area (Å²) in [5, 5.41) is 3.30. The van der Waals surface area contributed by atoms with E-state index in [1.807, 2.05) is 6.92 Å². The molecule has 0 aromatic heterocycles. The van der Waals surface area contributed by atoms with Gasteiger partial charge in [-0.25, -0.2) is 0 Å². The Labute approximate surface area is 128 Å². The first-order valence-corrected chi connectivity index (χ1v) is 7.30. The Hall–Kier alpha value is -1.53. The molecule has 3 nitrogen and oxygen atoms in total. The van der Waals surface area contributed by atoms with Gasteiger partial charge in [-0.2, -0.15) is 0 Å². The molecule has 122 valence electrons. The van der Waals surface area contributed by atoms with Crippen LogP contribution in [-0.2, 0) is 0 Å². The summed E-state index contributed by atoms with van der Waals surface area (Å²) < 4.78 is 40.6. The molecule has 1 heterocycles. The highest BCUT2D eigenvalue weighted by atomic mass is 19.4. The monoisotopic (exact) mass is 314 g/mol. The van der Waals surface area contributed by atoms with Crippen molar-refractivity contribution in [1.29, 1.82) is 0 Å². The van der Waals surface area contributed by atoms with Crippen molar-refractivity contribution in [2.24, 2.45) is 0 Å². The van der Waals surface area contributed by atoms with Crippen LogP contribution in [0.3, 0.4) is 0 Å². The van der Waals surface area contributed by atoms with Gasteiger partial charge in [-0.3, -0.25) is 4.90 Å². The first-order chi connectivity index (χ1) is 10.3. The van der Waals surface area contributed by atoms with Crippen LogP contribution in [0.2, 0.25) is 0 Å². The molecule has 0 spiro atoms. The molecule has 0 amide bonds. The average molecular weight is 314 g/mol. The summed E-state index contributed by atoms with van der Waals surface area (Å²) >= 11 is 0. The van der Waals surface area contributed by atoms with Gasteiger partial charge in [0.15, 0.2) is 0 Å². The Morgan fingerprint density at radius 1 is 1.27 bits per heavy atom. The van der Waals surface area contributed by atoms with Gasteiger partial charge in [0.05, 0.1) is 0 Å². The molecule has 1 N–H and O–H groups in total. The Morgan fingerprint density at radius 3 is 2.36 bits per heavy atom. The summed E-state index contributed by atoms with van der Waals surface area (Å²) in [5.74, 6) is -0.189. The molecule has 1 aliphatic rings. The first-order valence-electron chi connectivity index (χ1n) is 7.30. The van der Waals surface area contributed by atoms with Crippen LogP contribution < -0.4 is 10.1 Å². The maximum Gasteiger partial charge on any atom is 0.573 e. The third-order valence-corrected chi connectivity index (χ3v) is 3.63. The van der Waals surface area contributed by atoms with Crippen LogP contribution in [0.1, 0.15) is 24.9 Å². The lowest BCUT2D eigenvalue weighted by molar-refractivity contribution is -0.274. The van der Waals surface area contributed by atoms with Crippen LogP contribution in [0, 0.1) is 0 Å². The van der Waals surface area contributed by atoms with Gasteiger partial charge < -0.3 is 10.1 Å². The lowest BCUT2D eigenvalue weighted by Crippen LogP contribution is -2.45. The molecule has 1 atom stereocenters. The number of hydrogen-bond donors (Lipinski definition) is 1. The Bertz CT molecular complexity index is 493. The molecule has 1 fully saturated rings. The standard InChI is InChI=1S/C16H21F3N2O/c1-12(2)11-15(21-9-7-20-8-10-21)13-3-5-14(6-4-13)22-16(17,18)19/h3-6,15,20H,1,7-11H2,2H3/t15-/m0/s1. The lowest BCUT2D eigenvalue weighted by Gasteiger charge is -2.35. The summed E-state index contributed by atoms with van der Waals surface area (Å²) in [6.07, 6.45) is -3.86. The molecule has 0 bridgehead atoms. The first kappa shape index (κ1) is 16.8. The summed E-state index contributed by atoms with van der Waals surface area (Å²) in [7, 11) is 0. The second kappa shape index (κ2) is 7.15. The fourth-order valence-electron chi connectivity index (χ4n) is 2.67. The highest BCUT2D eigenvalue weighted by molar-refractivity contribution is 5.30. The third-order valence-electron chi connectivity index (χ3n) is 3.63. The van der Waals surface area contributed by atoms with Gasteiger partial charge in [-0.05, 0) is 31.0 Å². The van der Waals surface area contributed by atoms with E-state index in [-0.39, 0.29) is 11.8 Å². The molecule has 1 aliphatic heterocycles. The Balaban J connectivity index is 2.14. The zero-order valence-electron chi connectivity index (χ0n) is 12.6. The van der Waals surface area contributed by atoms with Crippen molar-refractivity contribution in [3.8, 4) is 5.75 Å². The van der Waals surface area contributed by atoms with Crippen LogP contribution in [0.15, 0.2) is 36.4 Å². The molecule has 6 heteroatoms. The fourth-order valence-corrected chi connectivity index (χ4v) is 2.67. The maximum absolute atomic E-state index is 12.2. The predicted octanol–water partition coefficient (Wildman–Crippen LogP) is 3.50. The minimum atomic E-state index is -4.66. The minimum absolute atomic E-state index is 0.138. The van der Waals surface area contributed by atoms with Crippen molar-refractivity contribution < 1.29 is 17.9 Å². The van der Waals surface area contributed by atoms with Gasteiger partial charge in [0.25, 0.3) is 0 Å². The highest BCUT2D eigenvalue weighted by Crippen LogP contribution is 2.30. The fraction of sp³-hybridized carbons (Fsp3) is 0.500. The van der Waals surface area contributed by atoms with Crippen molar-refractivity contribution in [2.45, 2.75) is 25.7 Å². The molecule has 1 aromatic rings. The molecular weight excluding hydrogens is 293 g/mol. The van der Waals surface area contributed by atoms with E-state index >= 15 is 0 Å². The van der Waals surface area contributed by atoms with Crippen molar-refractivity contribution in [3.05, 3.63) is 42.0 Å². The van der Waals surface area contributed by atoms with Gasteiger partial charge in [0, 0.05) is 32.2 Å². The van der Waals surface area contributed by atoms with Gasteiger partial charge in [0.1, 0.15) is 5.75 Å². The lowest BCUT2D eigenvalue weighted by atomic mass is 9.98. The van der Waals surface area contributed by atoms with Gasteiger partial charge >= 0.3 is 6.36 Å². The molecule has 1 aromatic carbocycles. The van der Waals surface area contributed by atoms with E-state index in [2.05, 4.69) is 21.5 Å². The van der Waals surface area contributed by atoms with Crippen molar-refractivity contribution in [1.82, 2.24) is 10.2 Å². The quantitative estimate of drug-likeness (QED) is 0.842. The number of benzene rings is 1.